The Labute approximate surface area is 183 Å². The van der Waals surface area contributed by atoms with E-state index in [9.17, 15) is 13.2 Å². The second kappa shape index (κ2) is 8.31. The number of amides is 1. The molecule has 0 aliphatic carbocycles. The standard InChI is InChI=1S/C21H30N6O3S/c1-5-11-26-13-18(15(3)24-26)31(29,30)27-12-7-6-8-17(27)20-22-14(2)16-9-10-19(28)25(4)21(16)23-20/h13,17H,5-12H2,1-4H3/t17-/m0/s1. The highest BCUT2D eigenvalue weighted by atomic mass is 32.2. The Kier molecular flexibility index (Phi) is 5.87. The Bertz CT molecular complexity index is 1110. The van der Waals surface area contributed by atoms with Crippen molar-refractivity contribution in [1.29, 1.82) is 0 Å². The van der Waals surface area contributed by atoms with Crippen molar-refractivity contribution >= 4 is 21.7 Å². The maximum atomic E-state index is 13.7. The van der Waals surface area contributed by atoms with Gasteiger partial charge in [-0.25, -0.2) is 18.4 Å². The molecule has 2 aromatic heterocycles. The summed E-state index contributed by atoms with van der Waals surface area (Å²) in [5.41, 5.74) is 2.28. The number of aromatic nitrogens is 4. The van der Waals surface area contributed by atoms with Gasteiger partial charge in [0.1, 0.15) is 16.5 Å². The van der Waals surface area contributed by atoms with Crippen LogP contribution in [0, 0.1) is 13.8 Å². The van der Waals surface area contributed by atoms with Crippen molar-refractivity contribution in [2.45, 2.75) is 76.8 Å². The molecule has 4 heterocycles. The van der Waals surface area contributed by atoms with Crippen molar-refractivity contribution < 1.29 is 13.2 Å². The molecular formula is C21H30N6O3S. The number of aryl methyl sites for hydroxylation is 3. The topological polar surface area (TPSA) is 101 Å². The summed E-state index contributed by atoms with van der Waals surface area (Å²) >= 11 is 0. The fourth-order valence-corrected chi connectivity index (χ4v) is 6.34. The van der Waals surface area contributed by atoms with Crippen molar-refractivity contribution in [3.05, 3.63) is 29.0 Å². The van der Waals surface area contributed by atoms with Gasteiger partial charge in [-0.3, -0.25) is 14.4 Å². The third kappa shape index (κ3) is 3.87. The molecule has 0 spiro atoms. The first-order chi connectivity index (χ1) is 14.7. The summed E-state index contributed by atoms with van der Waals surface area (Å²) in [6.45, 7) is 6.77. The molecule has 0 aromatic carbocycles. The van der Waals surface area contributed by atoms with Gasteiger partial charge in [0.15, 0.2) is 0 Å². The van der Waals surface area contributed by atoms with E-state index in [2.05, 4.69) is 5.10 Å². The number of piperidine rings is 1. The number of sulfonamides is 1. The zero-order valence-electron chi connectivity index (χ0n) is 18.6. The second-order valence-electron chi connectivity index (χ2n) is 8.39. The second-order valence-corrected chi connectivity index (χ2v) is 10.3. The molecule has 0 radical (unpaired) electrons. The van der Waals surface area contributed by atoms with Gasteiger partial charge in [-0.1, -0.05) is 13.3 Å². The molecule has 4 rings (SSSR count). The SMILES string of the molecule is CCCn1cc(S(=O)(=O)N2CCCC[C@H]2c2nc(C)c3c(n2)N(C)C(=O)CC3)c(C)n1. The lowest BCUT2D eigenvalue weighted by Gasteiger charge is -2.34. The fraction of sp³-hybridized carbons (Fsp3) is 0.619. The average Bonchev–Trinajstić information content (AvgIpc) is 3.12. The summed E-state index contributed by atoms with van der Waals surface area (Å²) in [6, 6.07) is -0.456. The van der Waals surface area contributed by atoms with Crippen LogP contribution in [0.1, 0.15) is 67.8 Å². The summed E-state index contributed by atoms with van der Waals surface area (Å²) in [6.07, 6.45) is 5.91. The molecule has 9 nitrogen and oxygen atoms in total. The molecule has 0 saturated carbocycles. The molecule has 31 heavy (non-hydrogen) atoms. The van der Waals surface area contributed by atoms with Crippen LogP contribution in [-0.4, -0.2) is 52.0 Å². The van der Waals surface area contributed by atoms with Crippen LogP contribution in [0.2, 0.25) is 0 Å². The van der Waals surface area contributed by atoms with Crippen molar-refractivity contribution in [3.8, 4) is 0 Å². The molecular weight excluding hydrogens is 416 g/mol. The number of hydrogen-bond donors (Lipinski definition) is 0. The van der Waals surface area contributed by atoms with E-state index in [4.69, 9.17) is 9.97 Å². The molecule has 2 aliphatic heterocycles. The quantitative estimate of drug-likeness (QED) is 0.699. The molecule has 0 unspecified atom stereocenters. The van der Waals surface area contributed by atoms with Crippen LogP contribution in [0.25, 0.3) is 0 Å². The Morgan fingerprint density at radius 2 is 1.90 bits per heavy atom. The first-order valence-corrected chi connectivity index (χ1v) is 12.4. The van der Waals surface area contributed by atoms with Crippen LogP contribution in [0.4, 0.5) is 5.82 Å². The van der Waals surface area contributed by atoms with Gasteiger partial charge < -0.3 is 0 Å². The Morgan fingerprint density at radius 3 is 2.65 bits per heavy atom. The Balaban J connectivity index is 1.75. The van der Waals surface area contributed by atoms with Crippen LogP contribution in [0.15, 0.2) is 11.1 Å². The summed E-state index contributed by atoms with van der Waals surface area (Å²) < 4.78 is 30.5. The maximum absolute atomic E-state index is 13.7. The minimum absolute atomic E-state index is 0.0173. The van der Waals surface area contributed by atoms with E-state index in [1.54, 1.807) is 29.7 Å². The fourth-order valence-electron chi connectivity index (χ4n) is 4.51. The molecule has 0 N–H and O–H groups in total. The normalized spacial score (nSPS) is 20.2. The lowest BCUT2D eigenvalue weighted by Crippen LogP contribution is -2.40. The van der Waals surface area contributed by atoms with Gasteiger partial charge in [-0.2, -0.15) is 9.40 Å². The van der Waals surface area contributed by atoms with Gasteiger partial charge in [0.2, 0.25) is 15.9 Å². The van der Waals surface area contributed by atoms with Crippen molar-refractivity contribution in [1.82, 2.24) is 24.1 Å². The molecule has 1 atom stereocenters. The molecule has 1 fully saturated rings. The van der Waals surface area contributed by atoms with Crippen LogP contribution in [-0.2, 0) is 27.8 Å². The zero-order chi connectivity index (χ0) is 22.3. The third-order valence-electron chi connectivity index (χ3n) is 6.18. The highest BCUT2D eigenvalue weighted by molar-refractivity contribution is 7.89. The molecule has 1 amide bonds. The van der Waals surface area contributed by atoms with E-state index in [0.29, 0.717) is 49.7 Å². The number of fused-ring (bicyclic) bond motifs is 1. The molecule has 1 saturated heterocycles. The van der Waals surface area contributed by atoms with E-state index in [1.165, 1.54) is 4.31 Å². The van der Waals surface area contributed by atoms with E-state index in [1.807, 2.05) is 13.8 Å². The third-order valence-corrected chi connectivity index (χ3v) is 8.19. The first-order valence-electron chi connectivity index (χ1n) is 10.9. The summed E-state index contributed by atoms with van der Waals surface area (Å²) in [4.78, 5) is 23.4. The smallest absolute Gasteiger partial charge is 0.247 e. The monoisotopic (exact) mass is 446 g/mol. The van der Waals surface area contributed by atoms with E-state index in [-0.39, 0.29) is 10.8 Å². The van der Waals surface area contributed by atoms with Crippen molar-refractivity contribution in [2.75, 3.05) is 18.5 Å². The van der Waals surface area contributed by atoms with Crippen LogP contribution >= 0.6 is 0 Å². The van der Waals surface area contributed by atoms with Gasteiger partial charge in [0.05, 0.1) is 11.7 Å². The summed E-state index contributed by atoms with van der Waals surface area (Å²) in [5.74, 6) is 1.09. The molecule has 10 heteroatoms. The van der Waals surface area contributed by atoms with Crippen LogP contribution in [0.5, 0.6) is 0 Å². The number of carbonyl (C=O) groups excluding carboxylic acids is 1. The lowest BCUT2D eigenvalue weighted by atomic mass is 10.0. The van der Waals surface area contributed by atoms with E-state index < -0.39 is 16.1 Å². The largest absolute Gasteiger partial charge is 0.300 e. The van der Waals surface area contributed by atoms with Gasteiger partial charge in [-0.05, 0) is 39.5 Å². The zero-order valence-corrected chi connectivity index (χ0v) is 19.4. The average molecular weight is 447 g/mol. The molecule has 168 valence electrons. The summed E-state index contributed by atoms with van der Waals surface area (Å²) in [5, 5.41) is 4.38. The summed E-state index contributed by atoms with van der Waals surface area (Å²) in [7, 11) is -2.04. The minimum Gasteiger partial charge on any atom is -0.300 e. The Hall–Kier alpha value is -2.33. The number of anilines is 1. The van der Waals surface area contributed by atoms with Crippen molar-refractivity contribution in [2.24, 2.45) is 0 Å². The van der Waals surface area contributed by atoms with Gasteiger partial charge in [0.25, 0.3) is 0 Å². The van der Waals surface area contributed by atoms with E-state index >= 15 is 0 Å². The predicted octanol–water partition coefficient (Wildman–Crippen LogP) is 2.52. The Morgan fingerprint density at radius 1 is 1.13 bits per heavy atom. The molecule has 2 aliphatic rings. The predicted molar refractivity (Wildman–Crippen MR) is 116 cm³/mol. The number of nitrogens with zero attached hydrogens (tertiary/aromatic N) is 6. The highest BCUT2D eigenvalue weighted by Gasteiger charge is 2.38. The number of rotatable bonds is 5. The minimum atomic E-state index is -3.76. The number of hydrogen-bond acceptors (Lipinski definition) is 6. The lowest BCUT2D eigenvalue weighted by molar-refractivity contribution is -0.118. The van der Waals surface area contributed by atoms with E-state index in [0.717, 1.165) is 30.5 Å². The number of carbonyl (C=O) groups is 1. The van der Waals surface area contributed by atoms with Gasteiger partial charge >= 0.3 is 0 Å². The van der Waals surface area contributed by atoms with Gasteiger partial charge in [-0.15, -0.1) is 0 Å². The first kappa shape index (κ1) is 21.9. The maximum Gasteiger partial charge on any atom is 0.247 e. The van der Waals surface area contributed by atoms with Crippen LogP contribution < -0.4 is 4.90 Å². The van der Waals surface area contributed by atoms with Crippen molar-refractivity contribution in [3.63, 3.8) is 0 Å². The molecule has 2 aromatic rings. The van der Waals surface area contributed by atoms with Gasteiger partial charge in [0, 0.05) is 44.0 Å². The van der Waals surface area contributed by atoms with Crippen LogP contribution in [0.3, 0.4) is 0 Å². The molecule has 0 bridgehead atoms. The highest BCUT2D eigenvalue weighted by Crippen LogP contribution is 2.37.